The Hall–Kier alpha value is -1.21. The molecule has 0 saturated heterocycles. The highest BCUT2D eigenvalue weighted by Crippen LogP contribution is 2.50. The molecular weight excluding hydrogens is 245 g/mol. The predicted octanol–water partition coefficient (Wildman–Crippen LogP) is 3.29. The largest absolute Gasteiger partial charge is 0.487 e. The van der Waals surface area contributed by atoms with Gasteiger partial charge in [-0.3, -0.25) is 0 Å². The zero-order valence-corrected chi connectivity index (χ0v) is 7.49. The lowest BCUT2D eigenvalue weighted by atomic mass is 10.1. The summed E-state index contributed by atoms with van der Waals surface area (Å²) < 4.78 is 90.0. The van der Waals surface area contributed by atoms with E-state index in [2.05, 4.69) is 4.74 Å². The third-order valence-corrected chi connectivity index (χ3v) is 1.78. The van der Waals surface area contributed by atoms with Gasteiger partial charge in [0.05, 0.1) is 0 Å². The first-order valence-corrected chi connectivity index (χ1v) is 3.93. The minimum atomic E-state index is -6.35. The molecule has 0 spiro atoms. The van der Waals surface area contributed by atoms with Crippen LogP contribution in [0.5, 0.6) is 0 Å². The SMILES string of the molecule is FC(F)(F)C(F)(F)C(F)(F)C1=CC=CCO1. The Kier molecular flexibility index (Phi) is 2.95. The molecule has 8 heteroatoms. The van der Waals surface area contributed by atoms with Crippen LogP contribution in [-0.2, 0) is 4.74 Å². The monoisotopic (exact) mass is 250 g/mol. The van der Waals surface area contributed by atoms with Crippen molar-refractivity contribution in [2.45, 2.75) is 18.0 Å². The molecule has 0 radical (unpaired) electrons. The molecule has 0 aromatic heterocycles. The average Bonchev–Trinajstić information content (AvgIpc) is 2.17. The zero-order chi connectivity index (χ0) is 12.6. The van der Waals surface area contributed by atoms with Crippen molar-refractivity contribution in [2.75, 3.05) is 6.61 Å². The molecule has 0 bridgehead atoms. The van der Waals surface area contributed by atoms with Gasteiger partial charge in [-0.15, -0.1) is 0 Å². The third-order valence-electron chi connectivity index (χ3n) is 1.78. The lowest BCUT2D eigenvalue weighted by Gasteiger charge is -2.30. The molecule has 1 aliphatic heterocycles. The number of ether oxygens (including phenoxy) is 1. The van der Waals surface area contributed by atoms with E-state index in [0.29, 0.717) is 6.08 Å². The summed E-state index contributed by atoms with van der Waals surface area (Å²) in [6.07, 6.45) is -3.87. The molecule has 0 aromatic carbocycles. The van der Waals surface area contributed by atoms with Crippen LogP contribution in [0.3, 0.4) is 0 Å². The van der Waals surface area contributed by atoms with Gasteiger partial charge in [-0.25, -0.2) is 0 Å². The van der Waals surface area contributed by atoms with Crippen molar-refractivity contribution in [1.82, 2.24) is 0 Å². The number of hydrogen-bond donors (Lipinski definition) is 0. The van der Waals surface area contributed by atoms with Crippen molar-refractivity contribution in [2.24, 2.45) is 0 Å². The van der Waals surface area contributed by atoms with Gasteiger partial charge in [-0.1, -0.05) is 6.08 Å². The van der Waals surface area contributed by atoms with E-state index < -0.39 is 30.4 Å². The Labute approximate surface area is 85.2 Å². The van der Waals surface area contributed by atoms with Crippen LogP contribution in [0.15, 0.2) is 24.0 Å². The standard InChI is InChI=1S/C8H5F7O/c9-6(10,5-3-1-2-4-16-5)7(11,12)8(13,14)15/h1-3H,4H2. The second-order valence-corrected chi connectivity index (χ2v) is 2.92. The van der Waals surface area contributed by atoms with Crippen molar-refractivity contribution in [1.29, 1.82) is 0 Å². The van der Waals surface area contributed by atoms with E-state index in [1.165, 1.54) is 6.08 Å². The molecule has 1 rings (SSSR count). The Balaban J connectivity index is 3.10. The summed E-state index contributed by atoms with van der Waals surface area (Å²) >= 11 is 0. The van der Waals surface area contributed by atoms with Gasteiger partial charge in [-0.05, 0) is 12.2 Å². The second kappa shape index (κ2) is 3.67. The Bertz CT molecular complexity index is 326. The van der Waals surface area contributed by atoms with Gasteiger partial charge < -0.3 is 4.74 Å². The molecule has 1 aliphatic rings. The Morgan fingerprint density at radius 3 is 1.94 bits per heavy atom. The number of rotatable bonds is 2. The van der Waals surface area contributed by atoms with Crippen LogP contribution in [0.4, 0.5) is 30.7 Å². The molecule has 0 atom stereocenters. The van der Waals surface area contributed by atoms with Gasteiger partial charge in [0.2, 0.25) is 0 Å². The maximum atomic E-state index is 12.9. The molecule has 0 unspecified atom stereocenters. The first kappa shape index (κ1) is 12.9. The van der Waals surface area contributed by atoms with Crippen LogP contribution in [0.2, 0.25) is 0 Å². The smallest absolute Gasteiger partial charge is 0.460 e. The van der Waals surface area contributed by atoms with E-state index >= 15 is 0 Å². The third kappa shape index (κ3) is 1.88. The highest BCUT2D eigenvalue weighted by molar-refractivity contribution is 5.21. The van der Waals surface area contributed by atoms with E-state index in [9.17, 15) is 30.7 Å². The van der Waals surface area contributed by atoms with Gasteiger partial charge in [0.15, 0.2) is 5.76 Å². The number of halogens is 7. The first-order chi connectivity index (χ1) is 7.11. The van der Waals surface area contributed by atoms with Gasteiger partial charge in [0, 0.05) is 0 Å². The van der Waals surface area contributed by atoms with E-state index in [1.807, 2.05) is 0 Å². The van der Waals surface area contributed by atoms with E-state index in [1.54, 1.807) is 0 Å². The second-order valence-electron chi connectivity index (χ2n) is 2.92. The van der Waals surface area contributed by atoms with Crippen molar-refractivity contribution >= 4 is 0 Å². The molecule has 0 aliphatic carbocycles. The van der Waals surface area contributed by atoms with Crippen molar-refractivity contribution in [3.05, 3.63) is 24.0 Å². The van der Waals surface area contributed by atoms with Crippen LogP contribution >= 0.6 is 0 Å². The van der Waals surface area contributed by atoms with Gasteiger partial charge in [0.1, 0.15) is 6.61 Å². The lowest BCUT2D eigenvalue weighted by Crippen LogP contribution is -2.53. The van der Waals surface area contributed by atoms with Crippen LogP contribution in [0, 0.1) is 0 Å². The van der Waals surface area contributed by atoms with Crippen LogP contribution < -0.4 is 0 Å². The molecule has 0 N–H and O–H groups in total. The van der Waals surface area contributed by atoms with Crippen LogP contribution in [0.1, 0.15) is 0 Å². The molecule has 92 valence electrons. The first-order valence-electron chi connectivity index (χ1n) is 3.93. The molecule has 0 aromatic rings. The summed E-state index contributed by atoms with van der Waals surface area (Å²) in [6, 6.07) is 0. The Morgan fingerprint density at radius 1 is 1.00 bits per heavy atom. The summed E-state index contributed by atoms with van der Waals surface area (Å²) in [5, 5.41) is 0. The quantitative estimate of drug-likeness (QED) is 0.683. The normalized spacial score (nSPS) is 18.1. The molecule has 16 heavy (non-hydrogen) atoms. The summed E-state index contributed by atoms with van der Waals surface area (Å²) in [4.78, 5) is 0. The van der Waals surface area contributed by atoms with E-state index in [4.69, 9.17) is 0 Å². The van der Waals surface area contributed by atoms with Crippen LogP contribution in [0.25, 0.3) is 0 Å². The minimum Gasteiger partial charge on any atom is -0.487 e. The number of hydrogen-bond acceptors (Lipinski definition) is 1. The Morgan fingerprint density at radius 2 is 1.56 bits per heavy atom. The average molecular weight is 250 g/mol. The van der Waals surface area contributed by atoms with Crippen molar-refractivity contribution in [3.63, 3.8) is 0 Å². The highest BCUT2D eigenvalue weighted by Gasteiger charge is 2.75. The minimum absolute atomic E-state index is 0.378. The molecule has 0 saturated carbocycles. The van der Waals surface area contributed by atoms with Gasteiger partial charge in [-0.2, -0.15) is 30.7 Å². The summed E-state index contributed by atoms with van der Waals surface area (Å²) in [6.45, 7) is -0.477. The molecule has 1 heterocycles. The predicted molar refractivity (Wildman–Crippen MR) is 39.1 cm³/mol. The molecule has 0 fully saturated rings. The maximum Gasteiger partial charge on any atom is 0.460 e. The number of allylic oxidation sites excluding steroid dienone is 3. The fourth-order valence-electron chi connectivity index (χ4n) is 0.925. The summed E-state index contributed by atoms with van der Waals surface area (Å²) in [5.41, 5.74) is 0. The van der Waals surface area contributed by atoms with E-state index in [0.717, 1.165) is 6.08 Å². The zero-order valence-electron chi connectivity index (χ0n) is 7.49. The summed E-state index contributed by atoms with van der Waals surface area (Å²) in [5.74, 6) is -13.3. The topological polar surface area (TPSA) is 9.23 Å². The van der Waals surface area contributed by atoms with Crippen LogP contribution in [-0.4, -0.2) is 24.6 Å². The molecule has 0 amide bonds. The van der Waals surface area contributed by atoms with Crippen molar-refractivity contribution in [3.8, 4) is 0 Å². The lowest BCUT2D eigenvalue weighted by molar-refractivity contribution is -0.350. The number of alkyl halides is 7. The highest BCUT2D eigenvalue weighted by atomic mass is 19.4. The fraction of sp³-hybridized carbons (Fsp3) is 0.500. The van der Waals surface area contributed by atoms with Crippen molar-refractivity contribution < 1.29 is 35.5 Å². The van der Waals surface area contributed by atoms with Gasteiger partial charge >= 0.3 is 18.0 Å². The summed E-state index contributed by atoms with van der Waals surface area (Å²) in [7, 11) is 0. The van der Waals surface area contributed by atoms with E-state index in [-0.39, 0.29) is 0 Å². The fourth-order valence-corrected chi connectivity index (χ4v) is 0.925. The molecule has 1 nitrogen and oxygen atoms in total. The molecular formula is C8H5F7O. The maximum absolute atomic E-state index is 12.9. The van der Waals surface area contributed by atoms with Gasteiger partial charge in [0.25, 0.3) is 0 Å².